The quantitative estimate of drug-likeness (QED) is 0.667. The maximum atomic E-state index is 10.6. The lowest BCUT2D eigenvalue weighted by Gasteiger charge is -2.14. The van der Waals surface area contributed by atoms with Gasteiger partial charge in [0.05, 0.1) is 5.92 Å². The highest BCUT2D eigenvalue weighted by atomic mass is 16.5. The summed E-state index contributed by atoms with van der Waals surface area (Å²) in [4.78, 5) is 10.6. The lowest BCUT2D eigenvalue weighted by Crippen LogP contribution is -2.18. The van der Waals surface area contributed by atoms with E-state index in [1.807, 2.05) is 13.8 Å². The third-order valence-electron chi connectivity index (χ3n) is 1.98. The monoisotopic (exact) mass is 174 g/mol. The molecule has 0 aliphatic heterocycles. The van der Waals surface area contributed by atoms with Crippen molar-refractivity contribution in [3.8, 4) is 0 Å². The van der Waals surface area contributed by atoms with Crippen molar-refractivity contribution in [2.24, 2.45) is 11.8 Å². The Kier molecular flexibility index (Phi) is 5.72. The lowest BCUT2D eigenvalue weighted by atomic mass is 9.94. The van der Waals surface area contributed by atoms with E-state index in [1.165, 1.54) is 0 Å². The predicted octanol–water partition coefficient (Wildman–Crippen LogP) is 1.77. The molecule has 1 N–H and O–H groups in total. The third kappa shape index (κ3) is 4.34. The molecule has 0 bridgehead atoms. The first-order valence-electron chi connectivity index (χ1n) is 4.33. The minimum Gasteiger partial charge on any atom is -0.481 e. The van der Waals surface area contributed by atoms with Crippen LogP contribution in [0.4, 0.5) is 0 Å². The molecular weight excluding hydrogens is 156 g/mol. The molecule has 0 aromatic carbocycles. The van der Waals surface area contributed by atoms with Crippen LogP contribution in [0.15, 0.2) is 0 Å². The average Bonchev–Trinajstić information content (AvgIpc) is 2.00. The van der Waals surface area contributed by atoms with Crippen LogP contribution in [-0.2, 0) is 9.53 Å². The van der Waals surface area contributed by atoms with E-state index in [4.69, 9.17) is 9.84 Å². The Hall–Kier alpha value is -0.570. The summed E-state index contributed by atoms with van der Waals surface area (Å²) in [5.41, 5.74) is 0. The summed E-state index contributed by atoms with van der Waals surface area (Å²) >= 11 is 0. The summed E-state index contributed by atoms with van der Waals surface area (Å²) in [5, 5.41) is 8.75. The molecule has 0 spiro atoms. The van der Waals surface area contributed by atoms with Gasteiger partial charge in [-0.05, 0) is 18.8 Å². The Bertz CT molecular complexity index is 134. The van der Waals surface area contributed by atoms with Gasteiger partial charge in [0.2, 0.25) is 0 Å². The second-order valence-electron chi connectivity index (χ2n) is 3.24. The summed E-state index contributed by atoms with van der Waals surface area (Å²) in [7, 11) is 1.64. The summed E-state index contributed by atoms with van der Waals surface area (Å²) in [6.45, 7) is 4.55. The number of hydrogen-bond acceptors (Lipinski definition) is 2. The van der Waals surface area contributed by atoms with Crippen LogP contribution in [-0.4, -0.2) is 24.8 Å². The highest BCUT2D eigenvalue weighted by Crippen LogP contribution is 2.15. The third-order valence-corrected chi connectivity index (χ3v) is 1.98. The Balaban J connectivity index is 3.77. The van der Waals surface area contributed by atoms with Crippen LogP contribution >= 0.6 is 0 Å². The van der Waals surface area contributed by atoms with E-state index in [0.29, 0.717) is 25.4 Å². The van der Waals surface area contributed by atoms with Crippen molar-refractivity contribution < 1.29 is 14.6 Å². The van der Waals surface area contributed by atoms with Crippen LogP contribution in [0.1, 0.15) is 26.7 Å². The normalized spacial score (nSPS) is 15.6. The van der Waals surface area contributed by atoms with Crippen molar-refractivity contribution in [3.63, 3.8) is 0 Å². The molecule has 0 saturated heterocycles. The topological polar surface area (TPSA) is 46.5 Å². The molecule has 0 aromatic heterocycles. The van der Waals surface area contributed by atoms with E-state index >= 15 is 0 Å². The summed E-state index contributed by atoms with van der Waals surface area (Å²) in [6, 6.07) is 0. The van der Waals surface area contributed by atoms with Crippen molar-refractivity contribution >= 4 is 5.97 Å². The Morgan fingerprint density at radius 3 is 2.50 bits per heavy atom. The van der Waals surface area contributed by atoms with E-state index < -0.39 is 5.97 Å². The van der Waals surface area contributed by atoms with Gasteiger partial charge < -0.3 is 9.84 Å². The zero-order chi connectivity index (χ0) is 9.56. The fourth-order valence-electron chi connectivity index (χ4n) is 1.28. The molecule has 0 aliphatic carbocycles. The van der Waals surface area contributed by atoms with Crippen LogP contribution in [0.5, 0.6) is 0 Å². The molecule has 3 heteroatoms. The zero-order valence-corrected chi connectivity index (χ0v) is 8.04. The van der Waals surface area contributed by atoms with Gasteiger partial charge in [0.1, 0.15) is 0 Å². The van der Waals surface area contributed by atoms with E-state index in [-0.39, 0.29) is 5.92 Å². The highest BCUT2D eigenvalue weighted by Gasteiger charge is 2.17. The van der Waals surface area contributed by atoms with E-state index in [2.05, 4.69) is 0 Å². The molecule has 2 unspecified atom stereocenters. The number of rotatable bonds is 6. The van der Waals surface area contributed by atoms with Crippen LogP contribution in [0, 0.1) is 11.8 Å². The first-order valence-corrected chi connectivity index (χ1v) is 4.33. The predicted molar refractivity (Wildman–Crippen MR) is 47.1 cm³/mol. The van der Waals surface area contributed by atoms with Gasteiger partial charge in [-0.15, -0.1) is 0 Å². The molecule has 0 saturated carbocycles. The van der Waals surface area contributed by atoms with Gasteiger partial charge in [-0.1, -0.05) is 13.8 Å². The second kappa shape index (κ2) is 6.00. The molecule has 0 aliphatic rings. The minimum atomic E-state index is -0.694. The van der Waals surface area contributed by atoms with E-state index in [1.54, 1.807) is 7.11 Å². The van der Waals surface area contributed by atoms with Crippen molar-refractivity contribution in [2.75, 3.05) is 13.7 Å². The first kappa shape index (κ1) is 11.4. The molecule has 12 heavy (non-hydrogen) atoms. The number of aliphatic carboxylic acids is 1. The van der Waals surface area contributed by atoms with Gasteiger partial charge in [-0.25, -0.2) is 0 Å². The highest BCUT2D eigenvalue weighted by molar-refractivity contribution is 5.69. The number of carboxylic acids is 1. The van der Waals surface area contributed by atoms with Crippen molar-refractivity contribution in [2.45, 2.75) is 26.7 Å². The summed E-state index contributed by atoms with van der Waals surface area (Å²) in [5.74, 6) is -0.577. The molecular formula is C9H18O3. The fraction of sp³-hybridized carbons (Fsp3) is 0.889. The second-order valence-corrected chi connectivity index (χ2v) is 3.24. The van der Waals surface area contributed by atoms with E-state index in [9.17, 15) is 4.79 Å². The number of carbonyl (C=O) groups is 1. The molecule has 0 heterocycles. The van der Waals surface area contributed by atoms with Crippen LogP contribution in [0.3, 0.4) is 0 Å². The van der Waals surface area contributed by atoms with Gasteiger partial charge in [-0.3, -0.25) is 4.79 Å². The molecule has 3 nitrogen and oxygen atoms in total. The number of methoxy groups -OCH3 is 1. The van der Waals surface area contributed by atoms with Crippen LogP contribution in [0.2, 0.25) is 0 Å². The van der Waals surface area contributed by atoms with Crippen molar-refractivity contribution in [3.05, 3.63) is 0 Å². The molecule has 0 rings (SSSR count). The van der Waals surface area contributed by atoms with E-state index in [0.717, 1.165) is 0 Å². The first-order chi connectivity index (χ1) is 5.61. The maximum Gasteiger partial charge on any atom is 0.306 e. The molecule has 2 atom stereocenters. The molecule has 0 aromatic rings. The standard InChI is InChI=1S/C9H18O3/c1-4-8(9(10)11)5-7(2)6-12-3/h7-8H,4-6H2,1-3H3,(H,10,11). The largest absolute Gasteiger partial charge is 0.481 e. The SMILES string of the molecule is CCC(CC(C)COC)C(=O)O. The fourth-order valence-corrected chi connectivity index (χ4v) is 1.28. The van der Waals surface area contributed by atoms with Gasteiger partial charge in [-0.2, -0.15) is 0 Å². The molecule has 0 fully saturated rings. The molecule has 72 valence electrons. The molecule has 0 radical (unpaired) electrons. The summed E-state index contributed by atoms with van der Waals surface area (Å²) in [6.07, 6.45) is 1.41. The van der Waals surface area contributed by atoms with Gasteiger partial charge in [0, 0.05) is 13.7 Å². The van der Waals surface area contributed by atoms with Crippen LogP contribution < -0.4 is 0 Å². The maximum absolute atomic E-state index is 10.6. The van der Waals surface area contributed by atoms with Crippen molar-refractivity contribution in [1.29, 1.82) is 0 Å². The Morgan fingerprint density at radius 2 is 2.17 bits per heavy atom. The van der Waals surface area contributed by atoms with Crippen LogP contribution in [0.25, 0.3) is 0 Å². The Morgan fingerprint density at radius 1 is 1.58 bits per heavy atom. The smallest absolute Gasteiger partial charge is 0.306 e. The van der Waals surface area contributed by atoms with Crippen molar-refractivity contribution in [1.82, 2.24) is 0 Å². The number of ether oxygens (including phenoxy) is 1. The lowest BCUT2D eigenvalue weighted by molar-refractivity contribution is -0.142. The number of carboxylic acid groups (broad SMARTS) is 1. The Labute approximate surface area is 73.7 Å². The summed E-state index contributed by atoms with van der Waals surface area (Å²) < 4.78 is 4.94. The molecule has 0 amide bonds. The average molecular weight is 174 g/mol. The van der Waals surface area contributed by atoms with Gasteiger partial charge in [0.15, 0.2) is 0 Å². The zero-order valence-electron chi connectivity index (χ0n) is 8.04. The minimum absolute atomic E-state index is 0.213. The van der Waals surface area contributed by atoms with Gasteiger partial charge in [0.25, 0.3) is 0 Å². The number of hydrogen-bond donors (Lipinski definition) is 1. The van der Waals surface area contributed by atoms with Gasteiger partial charge >= 0.3 is 5.97 Å².